The van der Waals surface area contributed by atoms with E-state index >= 15 is 0 Å². The van der Waals surface area contributed by atoms with Gasteiger partial charge in [-0.25, -0.2) is 0 Å². The van der Waals surface area contributed by atoms with Gasteiger partial charge in [-0.2, -0.15) is 11.3 Å². The molecule has 1 aromatic rings. The third-order valence-corrected chi connectivity index (χ3v) is 3.37. The lowest BCUT2D eigenvalue weighted by atomic mass is 10.0. The molecule has 0 amide bonds. The van der Waals surface area contributed by atoms with E-state index in [1.807, 2.05) is 11.3 Å². The van der Waals surface area contributed by atoms with Crippen LogP contribution in [0.4, 0.5) is 0 Å². The van der Waals surface area contributed by atoms with Gasteiger partial charge in [-0.15, -0.1) is 0 Å². The maximum Gasteiger partial charge on any atom is 0.0331 e. The summed E-state index contributed by atoms with van der Waals surface area (Å²) in [5, 5.41) is 8.15. The van der Waals surface area contributed by atoms with Gasteiger partial charge in [0.25, 0.3) is 0 Å². The van der Waals surface area contributed by atoms with Crippen molar-refractivity contribution < 1.29 is 0 Å². The average molecular weight is 211 g/mol. The molecule has 0 aliphatic rings. The van der Waals surface area contributed by atoms with E-state index in [9.17, 15) is 0 Å². The van der Waals surface area contributed by atoms with Crippen molar-refractivity contribution in [3.8, 4) is 0 Å². The summed E-state index contributed by atoms with van der Waals surface area (Å²) in [6.07, 6.45) is 3.71. The van der Waals surface area contributed by atoms with Crippen LogP contribution < -0.4 is 5.32 Å². The van der Waals surface area contributed by atoms with Crippen molar-refractivity contribution in [2.24, 2.45) is 0 Å². The second-order valence-corrected chi connectivity index (χ2v) is 4.55. The zero-order valence-corrected chi connectivity index (χ0v) is 10.3. The number of hydrogen-bond acceptors (Lipinski definition) is 2. The average Bonchev–Trinajstić information content (AvgIpc) is 2.59. The molecule has 0 fully saturated rings. The Morgan fingerprint density at radius 2 is 2.07 bits per heavy atom. The smallest absolute Gasteiger partial charge is 0.0331 e. The van der Waals surface area contributed by atoms with Crippen LogP contribution in [0.25, 0.3) is 0 Å². The molecule has 0 saturated heterocycles. The van der Waals surface area contributed by atoms with Crippen molar-refractivity contribution in [2.75, 3.05) is 6.54 Å². The third kappa shape index (κ3) is 3.10. The number of rotatable bonds is 6. The van der Waals surface area contributed by atoms with Gasteiger partial charge in [0.15, 0.2) is 0 Å². The highest BCUT2D eigenvalue weighted by atomic mass is 32.1. The van der Waals surface area contributed by atoms with E-state index in [1.54, 1.807) is 0 Å². The summed E-state index contributed by atoms with van der Waals surface area (Å²) in [5.41, 5.74) is 2.95. The molecule has 0 radical (unpaired) electrons. The van der Waals surface area contributed by atoms with Crippen molar-refractivity contribution in [3.05, 3.63) is 21.9 Å². The van der Waals surface area contributed by atoms with Crippen LogP contribution in [0.1, 0.15) is 50.3 Å². The lowest BCUT2D eigenvalue weighted by molar-refractivity contribution is 0.493. The van der Waals surface area contributed by atoms with Gasteiger partial charge in [0.2, 0.25) is 0 Å². The molecule has 0 bridgehead atoms. The molecular weight excluding hydrogens is 190 g/mol. The third-order valence-electron chi connectivity index (χ3n) is 2.49. The van der Waals surface area contributed by atoms with Gasteiger partial charge in [-0.05, 0) is 48.2 Å². The first-order chi connectivity index (χ1) is 6.79. The van der Waals surface area contributed by atoms with Crippen LogP contribution in [0.3, 0.4) is 0 Å². The summed E-state index contributed by atoms with van der Waals surface area (Å²) in [5.74, 6) is 0. The molecule has 1 nitrogen and oxygen atoms in total. The Bertz CT molecular complexity index is 255. The van der Waals surface area contributed by atoms with E-state index < -0.39 is 0 Å². The fraction of sp³-hybridized carbons (Fsp3) is 0.667. The number of thiophene rings is 1. The largest absolute Gasteiger partial charge is 0.310 e. The molecule has 1 N–H and O–H groups in total. The molecule has 0 aromatic carbocycles. The first-order valence-corrected chi connectivity index (χ1v) is 6.49. The topological polar surface area (TPSA) is 12.0 Å². The van der Waals surface area contributed by atoms with E-state index in [0.29, 0.717) is 6.04 Å². The molecule has 2 heteroatoms. The summed E-state index contributed by atoms with van der Waals surface area (Å²) < 4.78 is 0. The van der Waals surface area contributed by atoms with Crippen LogP contribution in [0.15, 0.2) is 10.8 Å². The monoisotopic (exact) mass is 211 g/mol. The minimum absolute atomic E-state index is 0.575. The van der Waals surface area contributed by atoms with Gasteiger partial charge in [-0.3, -0.25) is 0 Å². The highest BCUT2D eigenvalue weighted by Crippen LogP contribution is 2.25. The standard InChI is InChI=1S/C12H21NS/c1-4-6-12(13-7-5-2)11-9-14-8-10(11)3/h8-9,12-13H,4-7H2,1-3H3. The van der Waals surface area contributed by atoms with Gasteiger partial charge in [0.05, 0.1) is 0 Å². The Labute approximate surface area is 91.5 Å². The summed E-state index contributed by atoms with van der Waals surface area (Å²) >= 11 is 1.81. The lowest BCUT2D eigenvalue weighted by Crippen LogP contribution is -2.22. The van der Waals surface area contributed by atoms with Crippen LogP contribution in [-0.4, -0.2) is 6.54 Å². The quantitative estimate of drug-likeness (QED) is 0.752. The fourth-order valence-corrected chi connectivity index (χ4v) is 2.61. The highest BCUT2D eigenvalue weighted by Gasteiger charge is 2.12. The number of hydrogen-bond donors (Lipinski definition) is 1. The van der Waals surface area contributed by atoms with Crippen molar-refractivity contribution >= 4 is 11.3 Å². The van der Waals surface area contributed by atoms with Crippen molar-refractivity contribution in [2.45, 2.75) is 46.1 Å². The summed E-state index contributed by atoms with van der Waals surface area (Å²) in [7, 11) is 0. The molecule has 1 heterocycles. The maximum absolute atomic E-state index is 3.62. The summed E-state index contributed by atoms with van der Waals surface area (Å²) in [6, 6.07) is 0.575. The SMILES string of the molecule is CCCNC(CCC)c1cscc1C. The molecule has 1 atom stereocenters. The molecule has 0 spiro atoms. The Hall–Kier alpha value is -0.340. The van der Waals surface area contributed by atoms with Crippen molar-refractivity contribution in [1.29, 1.82) is 0 Å². The van der Waals surface area contributed by atoms with Gasteiger partial charge < -0.3 is 5.32 Å². The van der Waals surface area contributed by atoms with Crippen molar-refractivity contribution in [3.63, 3.8) is 0 Å². The Morgan fingerprint density at radius 1 is 1.29 bits per heavy atom. The van der Waals surface area contributed by atoms with Crippen LogP contribution in [-0.2, 0) is 0 Å². The maximum atomic E-state index is 3.62. The number of nitrogens with one attached hydrogen (secondary N) is 1. The van der Waals surface area contributed by atoms with Gasteiger partial charge in [0.1, 0.15) is 0 Å². The predicted octanol–water partition coefficient (Wildman–Crippen LogP) is 3.90. The Kier molecular flexibility index (Phi) is 5.20. The molecule has 1 unspecified atom stereocenters. The predicted molar refractivity (Wildman–Crippen MR) is 65.0 cm³/mol. The van der Waals surface area contributed by atoms with E-state index in [0.717, 1.165) is 6.54 Å². The van der Waals surface area contributed by atoms with E-state index in [1.165, 1.54) is 30.4 Å². The molecule has 1 rings (SSSR count). The molecule has 0 saturated carbocycles. The molecule has 80 valence electrons. The zero-order valence-electron chi connectivity index (χ0n) is 9.47. The van der Waals surface area contributed by atoms with E-state index in [-0.39, 0.29) is 0 Å². The highest BCUT2D eigenvalue weighted by molar-refractivity contribution is 7.08. The Balaban J connectivity index is 2.62. The second kappa shape index (κ2) is 6.20. The second-order valence-electron chi connectivity index (χ2n) is 3.81. The molecular formula is C12H21NS. The minimum atomic E-state index is 0.575. The first-order valence-electron chi connectivity index (χ1n) is 5.55. The molecule has 1 aromatic heterocycles. The van der Waals surface area contributed by atoms with Crippen LogP contribution in [0.5, 0.6) is 0 Å². The van der Waals surface area contributed by atoms with Gasteiger partial charge >= 0.3 is 0 Å². The van der Waals surface area contributed by atoms with Crippen LogP contribution in [0.2, 0.25) is 0 Å². The number of aryl methyl sites for hydroxylation is 1. The van der Waals surface area contributed by atoms with Gasteiger partial charge in [0, 0.05) is 6.04 Å². The lowest BCUT2D eigenvalue weighted by Gasteiger charge is -2.17. The first kappa shape index (κ1) is 11.7. The summed E-state index contributed by atoms with van der Waals surface area (Å²) in [6.45, 7) is 7.81. The van der Waals surface area contributed by atoms with Crippen LogP contribution >= 0.6 is 11.3 Å². The molecule has 0 aliphatic carbocycles. The van der Waals surface area contributed by atoms with E-state index in [4.69, 9.17) is 0 Å². The fourth-order valence-electron chi connectivity index (χ4n) is 1.70. The van der Waals surface area contributed by atoms with Gasteiger partial charge in [-0.1, -0.05) is 20.3 Å². The normalized spacial score (nSPS) is 13.1. The zero-order chi connectivity index (χ0) is 10.4. The Morgan fingerprint density at radius 3 is 2.57 bits per heavy atom. The van der Waals surface area contributed by atoms with Crippen LogP contribution in [0, 0.1) is 6.92 Å². The molecule has 0 aliphatic heterocycles. The minimum Gasteiger partial charge on any atom is -0.310 e. The van der Waals surface area contributed by atoms with Crippen molar-refractivity contribution in [1.82, 2.24) is 5.32 Å². The molecule has 14 heavy (non-hydrogen) atoms. The van der Waals surface area contributed by atoms with E-state index in [2.05, 4.69) is 36.8 Å². The summed E-state index contributed by atoms with van der Waals surface area (Å²) in [4.78, 5) is 0.